The molecule has 0 heterocycles. The Morgan fingerprint density at radius 1 is 1.37 bits per heavy atom. The summed E-state index contributed by atoms with van der Waals surface area (Å²) in [4.78, 5) is 13.9. The summed E-state index contributed by atoms with van der Waals surface area (Å²) in [6.07, 6.45) is 7.46. The minimum absolute atomic E-state index is 0.161. The highest BCUT2D eigenvalue weighted by Gasteiger charge is 2.24. The van der Waals surface area contributed by atoms with Gasteiger partial charge in [0.1, 0.15) is 6.04 Å². The number of rotatable bonds is 7. The maximum Gasteiger partial charge on any atom is 0.322 e. The number of carbonyl (C=O) groups is 1. The highest BCUT2D eigenvalue weighted by molar-refractivity contribution is 5.75. The van der Waals surface area contributed by atoms with Crippen molar-refractivity contribution in [2.75, 3.05) is 27.7 Å². The lowest BCUT2D eigenvalue weighted by atomic mass is 9.84. The van der Waals surface area contributed by atoms with Crippen molar-refractivity contribution in [2.24, 2.45) is 5.92 Å². The molecule has 0 saturated heterocycles. The van der Waals surface area contributed by atoms with Crippen LogP contribution in [0.5, 0.6) is 0 Å². The minimum Gasteiger partial charge on any atom is -0.468 e. The van der Waals surface area contributed by atoms with Crippen LogP contribution in [0.25, 0.3) is 0 Å². The molecule has 0 aromatic heterocycles. The number of nitrogens with zero attached hydrogens (tertiary/aromatic N) is 1. The number of hydrogen-bond donors (Lipinski definition) is 1. The number of esters is 1. The minimum atomic E-state index is -0.181. The third-order valence-corrected chi connectivity index (χ3v) is 4.62. The molecule has 1 rings (SSSR count). The van der Waals surface area contributed by atoms with Crippen LogP contribution in [-0.4, -0.2) is 50.7 Å². The highest BCUT2D eigenvalue weighted by Crippen LogP contribution is 2.28. The Kier molecular flexibility index (Phi) is 7.39. The number of likely N-dealkylation sites (N-methyl/N-ethyl adjacent to an activating group) is 1. The SMILES string of the molecule is CCC1CCC(N(C)CCC(NC)C(=O)OC)CC1. The summed E-state index contributed by atoms with van der Waals surface area (Å²) in [7, 11) is 5.44. The van der Waals surface area contributed by atoms with Gasteiger partial charge in [-0.05, 0) is 52.1 Å². The van der Waals surface area contributed by atoms with Gasteiger partial charge < -0.3 is 15.0 Å². The molecule has 0 spiro atoms. The molecule has 112 valence electrons. The smallest absolute Gasteiger partial charge is 0.322 e. The summed E-state index contributed by atoms with van der Waals surface area (Å²) in [5.74, 6) is 0.773. The van der Waals surface area contributed by atoms with Crippen LogP contribution in [0.3, 0.4) is 0 Å². The molecule has 1 fully saturated rings. The van der Waals surface area contributed by atoms with E-state index in [0.29, 0.717) is 6.04 Å². The second kappa shape index (κ2) is 8.54. The first-order chi connectivity index (χ1) is 9.12. The summed E-state index contributed by atoms with van der Waals surface area (Å²) in [5.41, 5.74) is 0. The zero-order valence-corrected chi connectivity index (χ0v) is 12.9. The van der Waals surface area contributed by atoms with E-state index in [0.717, 1.165) is 18.9 Å². The van der Waals surface area contributed by atoms with E-state index in [1.165, 1.54) is 39.2 Å². The molecule has 0 radical (unpaired) electrons. The summed E-state index contributed by atoms with van der Waals surface area (Å²) >= 11 is 0. The van der Waals surface area contributed by atoms with Gasteiger partial charge in [0.2, 0.25) is 0 Å². The summed E-state index contributed by atoms with van der Waals surface area (Å²) in [5, 5.41) is 3.03. The molecular formula is C15H30N2O2. The average Bonchev–Trinajstić information content (AvgIpc) is 2.47. The molecular weight excluding hydrogens is 240 g/mol. The van der Waals surface area contributed by atoms with Crippen LogP contribution >= 0.6 is 0 Å². The van der Waals surface area contributed by atoms with Gasteiger partial charge >= 0.3 is 5.97 Å². The lowest BCUT2D eigenvalue weighted by molar-refractivity contribution is -0.143. The molecule has 1 saturated carbocycles. The van der Waals surface area contributed by atoms with Crippen LogP contribution < -0.4 is 5.32 Å². The van der Waals surface area contributed by atoms with E-state index >= 15 is 0 Å². The third kappa shape index (κ3) is 5.11. The van der Waals surface area contributed by atoms with E-state index in [1.54, 1.807) is 0 Å². The van der Waals surface area contributed by atoms with Gasteiger partial charge in [-0.25, -0.2) is 0 Å². The van der Waals surface area contributed by atoms with Gasteiger partial charge in [-0.3, -0.25) is 4.79 Å². The highest BCUT2D eigenvalue weighted by atomic mass is 16.5. The zero-order chi connectivity index (χ0) is 14.3. The summed E-state index contributed by atoms with van der Waals surface area (Å²) in [6.45, 7) is 3.24. The largest absolute Gasteiger partial charge is 0.468 e. The van der Waals surface area contributed by atoms with E-state index in [-0.39, 0.29) is 12.0 Å². The molecule has 4 nitrogen and oxygen atoms in total. The van der Waals surface area contributed by atoms with Gasteiger partial charge in [0.25, 0.3) is 0 Å². The van der Waals surface area contributed by atoms with Crippen LogP contribution in [0.2, 0.25) is 0 Å². The molecule has 0 aliphatic heterocycles. The Labute approximate surface area is 117 Å². The van der Waals surface area contributed by atoms with Gasteiger partial charge in [-0.1, -0.05) is 13.3 Å². The van der Waals surface area contributed by atoms with Crippen molar-refractivity contribution in [3.05, 3.63) is 0 Å². The molecule has 1 N–H and O–H groups in total. The average molecular weight is 270 g/mol. The van der Waals surface area contributed by atoms with Crippen molar-refractivity contribution in [1.82, 2.24) is 10.2 Å². The number of hydrogen-bond acceptors (Lipinski definition) is 4. The normalized spacial score (nSPS) is 25.3. The molecule has 1 aliphatic carbocycles. The lowest BCUT2D eigenvalue weighted by Crippen LogP contribution is -2.41. The molecule has 0 amide bonds. The number of carbonyl (C=O) groups excluding carboxylic acids is 1. The maximum absolute atomic E-state index is 11.5. The van der Waals surface area contributed by atoms with E-state index < -0.39 is 0 Å². The zero-order valence-electron chi connectivity index (χ0n) is 12.9. The van der Waals surface area contributed by atoms with Crippen molar-refractivity contribution >= 4 is 5.97 Å². The van der Waals surface area contributed by atoms with Gasteiger partial charge in [0.05, 0.1) is 7.11 Å². The summed E-state index contributed by atoms with van der Waals surface area (Å²) < 4.78 is 4.79. The number of ether oxygens (including phenoxy) is 1. The van der Waals surface area contributed by atoms with Gasteiger partial charge in [0.15, 0.2) is 0 Å². The van der Waals surface area contributed by atoms with E-state index in [1.807, 2.05) is 7.05 Å². The van der Waals surface area contributed by atoms with Crippen molar-refractivity contribution in [2.45, 2.75) is 57.5 Å². The van der Waals surface area contributed by atoms with E-state index in [4.69, 9.17) is 4.74 Å². The van der Waals surface area contributed by atoms with Crippen molar-refractivity contribution in [1.29, 1.82) is 0 Å². The molecule has 4 heteroatoms. The van der Waals surface area contributed by atoms with E-state index in [9.17, 15) is 4.79 Å². The van der Waals surface area contributed by atoms with E-state index in [2.05, 4.69) is 24.2 Å². The van der Waals surface area contributed by atoms with Crippen LogP contribution in [-0.2, 0) is 9.53 Å². The second-order valence-electron chi connectivity index (χ2n) is 5.72. The molecule has 1 unspecified atom stereocenters. The predicted molar refractivity (Wildman–Crippen MR) is 78.1 cm³/mol. The fourth-order valence-corrected chi connectivity index (χ4v) is 3.03. The molecule has 0 bridgehead atoms. The fraction of sp³-hybridized carbons (Fsp3) is 0.933. The quantitative estimate of drug-likeness (QED) is 0.719. The molecule has 19 heavy (non-hydrogen) atoms. The Morgan fingerprint density at radius 3 is 2.47 bits per heavy atom. The van der Waals surface area contributed by atoms with Crippen LogP contribution in [0.15, 0.2) is 0 Å². The van der Waals surface area contributed by atoms with Crippen molar-refractivity contribution in [3.8, 4) is 0 Å². The maximum atomic E-state index is 11.5. The van der Waals surface area contributed by atoms with Crippen LogP contribution in [0.4, 0.5) is 0 Å². The fourth-order valence-electron chi connectivity index (χ4n) is 3.03. The monoisotopic (exact) mass is 270 g/mol. The first-order valence-corrected chi connectivity index (χ1v) is 7.57. The molecule has 1 aliphatic rings. The summed E-state index contributed by atoms with van der Waals surface area (Å²) in [6, 6.07) is 0.511. The van der Waals surface area contributed by atoms with Crippen LogP contribution in [0, 0.1) is 5.92 Å². The third-order valence-electron chi connectivity index (χ3n) is 4.62. The number of methoxy groups -OCH3 is 1. The topological polar surface area (TPSA) is 41.6 Å². The molecule has 1 atom stereocenters. The van der Waals surface area contributed by atoms with Crippen LogP contribution in [0.1, 0.15) is 45.4 Å². The van der Waals surface area contributed by atoms with Crippen molar-refractivity contribution < 1.29 is 9.53 Å². The standard InChI is InChI=1S/C15H30N2O2/c1-5-12-6-8-13(9-7-12)17(3)11-10-14(16-2)15(18)19-4/h12-14,16H,5-11H2,1-4H3. The molecule has 0 aromatic carbocycles. The van der Waals surface area contributed by atoms with Gasteiger partial charge in [-0.2, -0.15) is 0 Å². The first kappa shape index (κ1) is 16.4. The van der Waals surface area contributed by atoms with Gasteiger partial charge in [-0.15, -0.1) is 0 Å². The van der Waals surface area contributed by atoms with Crippen molar-refractivity contribution in [3.63, 3.8) is 0 Å². The Hall–Kier alpha value is -0.610. The molecule has 0 aromatic rings. The Balaban J connectivity index is 2.30. The van der Waals surface area contributed by atoms with Gasteiger partial charge in [0, 0.05) is 12.6 Å². The Bertz CT molecular complexity index is 263. The Morgan fingerprint density at radius 2 is 2.00 bits per heavy atom. The first-order valence-electron chi connectivity index (χ1n) is 7.57. The predicted octanol–water partition coefficient (Wildman–Crippen LogP) is 2.04. The second-order valence-corrected chi connectivity index (χ2v) is 5.72. The number of nitrogens with one attached hydrogen (secondary N) is 1. The lowest BCUT2D eigenvalue weighted by Gasteiger charge is -2.34.